The van der Waals surface area contributed by atoms with Gasteiger partial charge in [-0.15, -0.1) is 0 Å². The minimum Gasteiger partial charge on any atom is -0.472 e. The zero-order valence-corrected chi connectivity index (χ0v) is 18.1. The third-order valence-corrected chi connectivity index (χ3v) is 4.58. The SMILES string of the molecule is Cc1cccc(C)c1NCc1cc(C(C)(C)C)cc(C)c1OC(C)(C)Cl. The van der Waals surface area contributed by atoms with Crippen molar-refractivity contribution in [3.05, 3.63) is 58.1 Å². The van der Waals surface area contributed by atoms with Crippen LogP contribution in [0.2, 0.25) is 0 Å². The van der Waals surface area contributed by atoms with Crippen molar-refractivity contribution in [2.45, 2.75) is 72.4 Å². The van der Waals surface area contributed by atoms with Crippen LogP contribution < -0.4 is 10.1 Å². The Morgan fingerprint density at radius 1 is 0.923 bits per heavy atom. The van der Waals surface area contributed by atoms with Crippen molar-refractivity contribution < 1.29 is 4.74 Å². The molecule has 2 aromatic rings. The van der Waals surface area contributed by atoms with Gasteiger partial charge in [-0.1, -0.05) is 56.6 Å². The first-order chi connectivity index (χ1) is 11.9. The van der Waals surface area contributed by atoms with E-state index in [1.807, 2.05) is 13.8 Å². The number of hydrogen-bond acceptors (Lipinski definition) is 2. The molecule has 0 spiro atoms. The van der Waals surface area contributed by atoms with E-state index in [0.717, 1.165) is 16.9 Å². The standard InChI is InChI=1S/C23H32ClNO/c1-15-10-9-11-16(2)20(15)25-14-18-13-19(22(4,5)6)12-17(3)21(18)26-23(7,8)24/h9-13,25H,14H2,1-8H3. The van der Waals surface area contributed by atoms with Gasteiger partial charge in [0.25, 0.3) is 0 Å². The van der Waals surface area contributed by atoms with Gasteiger partial charge in [0, 0.05) is 17.8 Å². The Balaban J connectivity index is 2.44. The van der Waals surface area contributed by atoms with Gasteiger partial charge in [-0.2, -0.15) is 0 Å². The highest BCUT2D eigenvalue weighted by molar-refractivity contribution is 6.22. The lowest BCUT2D eigenvalue weighted by Crippen LogP contribution is -2.22. The molecule has 0 aliphatic carbocycles. The minimum atomic E-state index is -0.749. The zero-order valence-electron chi connectivity index (χ0n) is 17.4. The Morgan fingerprint density at radius 2 is 1.50 bits per heavy atom. The Hall–Kier alpha value is -1.67. The van der Waals surface area contributed by atoms with Crippen molar-refractivity contribution in [3.8, 4) is 5.75 Å². The molecule has 0 saturated carbocycles. The van der Waals surface area contributed by atoms with Gasteiger partial charge in [0.2, 0.25) is 0 Å². The molecule has 2 nitrogen and oxygen atoms in total. The van der Waals surface area contributed by atoms with Crippen molar-refractivity contribution in [1.29, 1.82) is 0 Å². The lowest BCUT2D eigenvalue weighted by atomic mass is 9.84. The molecule has 0 unspecified atom stereocenters. The third-order valence-electron chi connectivity index (χ3n) is 4.50. The summed E-state index contributed by atoms with van der Waals surface area (Å²) in [5, 5.41) is 2.86. The smallest absolute Gasteiger partial charge is 0.177 e. The van der Waals surface area contributed by atoms with E-state index in [1.54, 1.807) is 0 Å². The molecule has 0 aromatic heterocycles. The minimum absolute atomic E-state index is 0.0765. The molecule has 0 atom stereocenters. The van der Waals surface area contributed by atoms with Crippen molar-refractivity contribution in [3.63, 3.8) is 0 Å². The number of alkyl halides is 1. The summed E-state index contributed by atoms with van der Waals surface area (Å²) in [5.74, 6) is 0.872. The maximum Gasteiger partial charge on any atom is 0.177 e. The van der Waals surface area contributed by atoms with Gasteiger partial charge in [0.05, 0.1) is 0 Å². The van der Waals surface area contributed by atoms with Crippen LogP contribution in [0.4, 0.5) is 5.69 Å². The van der Waals surface area contributed by atoms with Crippen LogP contribution in [0.25, 0.3) is 0 Å². The van der Waals surface area contributed by atoms with E-state index in [1.165, 1.54) is 22.4 Å². The zero-order chi connectivity index (χ0) is 19.7. The number of anilines is 1. The summed E-state index contributed by atoms with van der Waals surface area (Å²) < 4.78 is 6.11. The van der Waals surface area contributed by atoms with Gasteiger partial charge in [-0.25, -0.2) is 0 Å². The summed E-state index contributed by atoms with van der Waals surface area (Å²) in [6.07, 6.45) is 0. The van der Waals surface area contributed by atoms with Crippen LogP contribution >= 0.6 is 11.6 Å². The highest BCUT2D eigenvalue weighted by Crippen LogP contribution is 2.35. The van der Waals surface area contributed by atoms with Crippen LogP contribution in [-0.2, 0) is 12.0 Å². The summed E-state index contributed by atoms with van der Waals surface area (Å²) in [6, 6.07) is 10.8. The van der Waals surface area contributed by atoms with E-state index in [4.69, 9.17) is 16.3 Å². The molecule has 0 bridgehead atoms. The van der Waals surface area contributed by atoms with Gasteiger partial charge < -0.3 is 10.1 Å². The van der Waals surface area contributed by atoms with Gasteiger partial charge in [-0.05, 0) is 68.4 Å². The van der Waals surface area contributed by atoms with Gasteiger partial charge in [0.1, 0.15) is 5.75 Å². The summed E-state index contributed by atoms with van der Waals surface area (Å²) in [7, 11) is 0. The average Bonchev–Trinajstić information content (AvgIpc) is 2.47. The number of rotatable bonds is 5. The van der Waals surface area contributed by atoms with Crippen molar-refractivity contribution in [2.24, 2.45) is 0 Å². The average molecular weight is 374 g/mol. The Bertz CT molecular complexity index is 762. The molecule has 2 rings (SSSR count). The quantitative estimate of drug-likeness (QED) is 0.577. The molecule has 26 heavy (non-hydrogen) atoms. The van der Waals surface area contributed by atoms with Crippen LogP contribution in [0.5, 0.6) is 5.75 Å². The number of benzene rings is 2. The maximum atomic E-state index is 6.37. The fourth-order valence-corrected chi connectivity index (χ4v) is 3.15. The predicted octanol–water partition coefficient (Wildman–Crippen LogP) is 6.88. The second-order valence-electron chi connectivity index (χ2n) is 8.62. The lowest BCUT2D eigenvalue weighted by molar-refractivity contribution is 0.195. The Kier molecular flexibility index (Phi) is 5.97. The molecule has 0 aliphatic rings. The molecule has 0 saturated heterocycles. The van der Waals surface area contributed by atoms with Crippen LogP contribution in [0.1, 0.15) is 62.4 Å². The van der Waals surface area contributed by atoms with Gasteiger partial charge in [-0.3, -0.25) is 0 Å². The highest BCUT2D eigenvalue weighted by Gasteiger charge is 2.22. The Morgan fingerprint density at radius 3 is 2.00 bits per heavy atom. The van der Waals surface area contributed by atoms with E-state index >= 15 is 0 Å². The van der Waals surface area contributed by atoms with E-state index in [-0.39, 0.29) is 5.41 Å². The maximum absolute atomic E-state index is 6.37. The fraction of sp³-hybridized carbons (Fsp3) is 0.478. The monoisotopic (exact) mass is 373 g/mol. The van der Waals surface area contributed by atoms with Crippen LogP contribution in [-0.4, -0.2) is 5.06 Å². The van der Waals surface area contributed by atoms with E-state index in [0.29, 0.717) is 6.54 Å². The molecular formula is C23H32ClNO. The normalized spacial score (nSPS) is 12.2. The summed E-state index contributed by atoms with van der Waals surface area (Å²) >= 11 is 6.37. The number of ether oxygens (including phenoxy) is 1. The first-order valence-electron chi connectivity index (χ1n) is 9.20. The van der Waals surface area contributed by atoms with Gasteiger partial charge >= 0.3 is 0 Å². The summed E-state index contributed by atoms with van der Waals surface area (Å²) in [6.45, 7) is 17.5. The molecule has 3 heteroatoms. The topological polar surface area (TPSA) is 21.3 Å². The van der Waals surface area contributed by atoms with E-state index in [9.17, 15) is 0 Å². The predicted molar refractivity (Wildman–Crippen MR) is 114 cm³/mol. The number of halogens is 1. The number of hydrogen-bond donors (Lipinski definition) is 1. The molecule has 0 radical (unpaired) electrons. The second-order valence-corrected chi connectivity index (χ2v) is 9.53. The summed E-state index contributed by atoms with van der Waals surface area (Å²) in [5.41, 5.74) is 7.29. The van der Waals surface area contributed by atoms with E-state index in [2.05, 4.69) is 77.2 Å². The largest absolute Gasteiger partial charge is 0.472 e. The molecule has 1 N–H and O–H groups in total. The van der Waals surface area contributed by atoms with Crippen molar-refractivity contribution in [2.75, 3.05) is 5.32 Å². The first kappa shape index (κ1) is 20.6. The number of para-hydroxylation sites is 1. The highest BCUT2D eigenvalue weighted by atomic mass is 35.5. The van der Waals surface area contributed by atoms with Crippen LogP contribution in [0.15, 0.2) is 30.3 Å². The molecule has 2 aromatic carbocycles. The fourth-order valence-electron chi connectivity index (χ4n) is 3.08. The molecule has 0 amide bonds. The number of nitrogens with one attached hydrogen (secondary N) is 1. The number of aryl methyl sites for hydroxylation is 3. The van der Waals surface area contributed by atoms with Crippen molar-refractivity contribution in [1.82, 2.24) is 0 Å². The second kappa shape index (κ2) is 7.52. The Labute approximate surface area is 163 Å². The molecule has 0 fully saturated rings. The lowest BCUT2D eigenvalue weighted by Gasteiger charge is -2.27. The molecule has 0 heterocycles. The third kappa shape index (κ3) is 5.17. The van der Waals surface area contributed by atoms with Crippen molar-refractivity contribution >= 4 is 17.3 Å². The first-order valence-corrected chi connectivity index (χ1v) is 9.58. The van der Waals surface area contributed by atoms with Crippen LogP contribution in [0.3, 0.4) is 0 Å². The summed E-state index contributed by atoms with van der Waals surface area (Å²) in [4.78, 5) is 0. The molecular weight excluding hydrogens is 342 g/mol. The molecule has 142 valence electrons. The van der Waals surface area contributed by atoms with Gasteiger partial charge in [0.15, 0.2) is 5.06 Å². The van der Waals surface area contributed by atoms with Crippen LogP contribution in [0, 0.1) is 20.8 Å². The molecule has 0 aliphatic heterocycles. The van der Waals surface area contributed by atoms with E-state index < -0.39 is 5.06 Å².